The zero-order valence-electron chi connectivity index (χ0n) is 53.3. The van der Waals surface area contributed by atoms with Crippen LogP contribution in [0.3, 0.4) is 0 Å². The number of aliphatic hydroxyl groups excluding tert-OH is 1. The number of nitrogens with zero attached hydrogens (tertiary/aromatic N) is 12. The van der Waals surface area contributed by atoms with Crippen molar-refractivity contribution in [1.29, 1.82) is 0 Å². The van der Waals surface area contributed by atoms with Crippen molar-refractivity contribution in [2.45, 2.75) is 115 Å². The normalized spacial score (nSPS) is 16.3. The third-order valence-electron chi connectivity index (χ3n) is 16.4. The monoisotopic (exact) mass is 1310 g/mol. The minimum absolute atomic E-state index is 0.0123. The van der Waals surface area contributed by atoms with E-state index in [1.54, 1.807) is 63.8 Å². The molecule has 506 valence electrons. The third-order valence-corrected chi connectivity index (χ3v) is 16.4. The van der Waals surface area contributed by atoms with Crippen LogP contribution < -0.4 is 10.6 Å². The van der Waals surface area contributed by atoms with Crippen LogP contribution in [0.5, 0.6) is 0 Å². The Kier molecular flexibility index (Phi) is 29.6. The summed E-state index contributed by atoms with van der Waals surface area (Å²) in [6.07, 6.45) is 16.5. The van der Waals surface area contributed by atoms with Crippen LogP contribution in [0.15, 0.2) is 147 Å². The average Bonchev–Trinajstić information content (AvgIpc) is 0.848. The number of carbonyl (C=O) groups excluding carboxylic acids is 2. The van der Waals surface area contributed by atoms with Gasteiger partial charge in [-0.1, -0.05) is 56.5 Å². The second-order valence-corrected chi connectivity index (χ2v) is 23.6. The highest BCUT2D eigenvalue weighted by molar-refractivity contribution is 5.94. The summed E-state index contributed by atoms with van der Waals surface area (Å²) in [4.78, 5) is 122. The standard InChI is InChI=1S/C35H45N7O6.C33H41N7O7/c1-26(43)21-41(24-33(44)45)31-10-2-3-11-32(31)42(25-34(46)47)23-30-13-12-27(20-39-30)35(48)38-17-19-40(22-29-9-5-7-16-37-29)18-14-28-8-4-6-15-36-28;41-30(42)21-39(28-9-1-2-10-29(28)40(22-31(43)44)23-32(45)46)20-27-12-11-24(17-37-27)33(47)36-15-16-38(18-25-7-3-5-13-34-25)19-26-8-4-6-14-35-26/h4-9,12-13,15-16,20,31-32,43H,1-3,10-11,14,17-19,21-25H2,(H,38,48)(H,44,45)(H,46,47);3-8,11-14,17,28-29H,1-2,9-10,15-16,18-23H2,(H,36,47)(H,41,42)(H,43,44)(H,45,46). The minimum atomic E-state index is -1.15. The van der Waals surface area contributed by atoms with Crippen molar-refractivity contribution in [3.05, 3.63) is 192 Å². The smallest absolute Gasteiger partial charge is 0.317 e. The maximum absolute atomic E-state index is 13.0. The largest absolute Gasteiger partial charge is 0.512 e. The van der Waals surface area contributed by atoms with E-state index >= 15 is 0 Å². The number of nitrogens with one attached hydrogen (secondary N) is 2. The first-order valence-corrected chi connectivity index (χ1v) is 31.8. The molecule has 2 aliphatic carbocycles. The molecule has 8 N–H and O–H groups in total. The lowest BCUT2D eigenvalue weighted by molar-refractivity contribution is -0.146. The highest BCUT2D eigenvalue weighted by atomic mass is 16.4. The number of pyridine rings is 6. The van der Waals surface area contributed by atoms with Crippen molar-refractivity contribution in [1.82, 2.24) is 69.9 Å². The van der Waals surface area contributed by atoms with Crippen molar-refractivity contribution >= 4 is 41.7 Å². The highest BCUT2D eigenvalue weighted by Crippen LogP contribution is 2.30. The van der Waals surface area contributed by atoms with Gasteiger partial charge in [0.2, 0.25) is 0 Å². The molecular formula is C68H86N14O13. The molecule has 0 aliphatic heterocycles. The molecule has 0 bridgehead atoms. The summed E-state index contributed by atoms with van der Waals surface area (Å²) in [5.74, 6) is -6.11. The fraction of sp³-hybridized carbons (Fsp3) is 0.426. The van der Waals surface area contributed by atoms with Crippen molar-refractivity contribution in [3.63, 3.8) is 0 Å². The maximum atomic E-state index is 13.0. The van der Waals surface area contributed by atoms with Gasteiger partial charge in [0.05, 0.1) is 84.6 Å². The van der Waals surface area contributed by atoms with E-state index in [1.807, 2.05) is 72.8 Å². The zero-order chi connectivity index (χ0) is 67.9. The molecule has 4 unspecified atom stereocenters. The minimum Gasteiger partial charge on any atom is -0.512 e. The predicted molar refractivity (Wildman–Crippen MR) is 349 cm³/mol. The fourth-order valence-corrected chi connectivity index (χ4v) is 12.2. The molecule has 2 aliphatic rings. The summed E-state index contributed by atoms with van der Waals surface area (Å²) >= 11 is 0. The zero-order valence-corrected chi connectivity index (χ0v) is 53.3. The van der Waals surface area contributed by atoms with E-state index in [0.717, 1.165) is 61.4 Å². The molecule has 0 spiro atoms. The lowest BCUT2D eigenvalue weighted by atomic mass is 9.87. The SMILES string of the molecule is C=C(O)CN(CC(=O)O)C1CCCCC1N(CC(=O)O)Cc1ccc(C(=O)NCCN(CCc2ccccn2)Cc2ccccn2)cn1.O=C(O)CN(CC(=O)O)C1CCCCC1N(CC(=O)O)Cc1ccc(C(=O)NCCN(Cc2ccccn2)Cc2ccccn2)cn1. The number of carbonyl (C=O) groups is 7. The lowest BCUT2D eigenvalue weighted by Gasteiger charge is -2.44. The maximum Gasteiger partial charge on any atom is 0.317 e. The molecule has 6 heterocycles. The van der Waals surface area contributed by atoms with Gasteiger partial charge < -0.3 is 41.3 Å². The van der Waals surface area contributed by atoms with Crippen LogP contribution in [0.1, 0.15) is 106 Å². The van der Waals surface area contributed by atoms with E-state index < -0.39 is 49.0 Å². The summed E-state index contributed by atoms with van der Waals surface area (Å²) in [5.41, 5.74) is 5.60. The van der Waals surface area contributed by atoms with Gasteiger partial charge in [-0.15, -0.1) is 0 Å². The predicted octanol–water partition coefficient (Wildman–Crippen LogP) is 4.98. The molecule has 0 aromatic carbocycles. The summed E-state index contributed by atoms with van der Waals surface area (Å²) in [6.45, 7) is 6.56. The molecule has 2 saturated carbocycles. The topological polar surface area (TPSA) is 362 Å². The van der Waals surface area contributed by atoms with Gasteiger partial charge >= 0.3 is 29.8 Å². The molecule has 95 heavy (non-hydrogen) atoms. The van der Waals surface area contributed by atoms with E-state index in [0.29, 0.717) is 94.0 Å². The Morgan fingerprint density at radius 2 is 0.705 bits per heavy atom. The van der Waals surface area contributed by atoms with Crippen LogP contribution in [0.4, 0.5) is 0 Å². The van der Waals surface area contributed by atoms with E-state index in [9.17, 15) is 64.2 Å². The first-order valence-electron chi connectivity index (χ1n) is 31.8. The number of carboxylic acids is 5. The Labute approximate surface area is 552 Å². The molecule has 4 atom stereocenters. The van der Waals surface area contributed by atoms with Crippen molar-refractivity contribution < 1.29 is 64.2 Å². The number of rotatable bonds is 37. The summed E-state index contributed by atoms with van der Waals surface area (Å²) < 4.78 is 0. The Bertz CT molecular complexity index is 3310. The number of aliphatic hydroxyl groups is 1. The van der Waals surface area contributed by atoms with Crippen LogP contribution in [-0.4, -0.2) is 228 Å². The van der Waals surface area contributed by atoms with Crippen LogP contribution in [0, 0.1) is 0 Å². The van der Waals surface area contributed by atoms with Gasteiger partial charge in [0.15, 0.2) is 0 Å². The van der Waals surface area contributed by atoms with Crippen LogP contribution in [-0.2, 0) is 63.1 Å². The van der Waals surface area contributed by atoms with E-state index in [2.05, 4.69) is 56.9 Å². The van der Waals surface area contributed by atoms with Gasteiger partial charge in [0.25, 0.3) is 11.8 Å². The second kappa shape index (κ2) is 38.6. The first-order chi connectivity index (χ1) is 45.8. The van der Waals surface area contributed by atoms with Gasteiger partial charge in [-0.2, -0.15) is 0 Å². The Hall–Kier alpha value is -9.51. The van der Waals surface area contributed by atoms with Crippen molar-refractivity contribution in [2.24, 2.45) is 0 Å². The van der Waals surface area contributed by atoms with E-state index in [4.69, 9.17) is 0 Å². The quantitative estimate of drug-likeness (QED) is 0.0239. The molecule has 0 radical (unpaired) electrons. The molecule has 2 fully saturated rings. The third kappa shape index (κ3) is 25.7. The lowest BCUT2D eigenvalue weighted by Crippen LogP contribution is -2.56. The molecule has 6 aromatic heterocycles. The number of aromatic nitrogens is 6. The van der Waals surface area contributed by atoms with Crippen molar-refractivity contribution in [3.8, 4) is 0 Å². The van der Waals surface area contributed by atoms with E-state index in [-0.39, 0.29) is 75.0 Å². The van der Waals surface area contributed by atoms with Crippen LogP contribution in [0.2, 0.25) is 0 Å². The van der Waals surface area contributed by atoms with Gasteiger partial charge in [-0.05, 0) is 98.5 Å². The molecule has 6 aromatic rings. The number of amides is 2. The van der Waals surface area contributed by atoms with Gasteiger partial charge in [0, 0.05) is 139 Å². The van der Waals surface area contributed by atoms with Gasteiger partial charge in [0.1, 0.15) is 0 Å². The number of hydrogen-bond acceptors (Lipinski definition) is 20. The van der Waals surface area contributed by atoms with Gasteiger partial charge in [-0.25, -0.2) is 0 Å². The molecule has 8 rings (SSSR count). The molecule has 27 nitrogen and oxygen atoms in total. The van der Waals surface area contributed by atoms with Gasteiger partial charge in [-0.3, -0.25) is 92.9 Å². The number of aliphatic carboxylic acids is 5. The van der Waals surface area contributed by atoms with Crippen molar-refractivity contribution in [2.75, 3.05) is 72.0 Å². The Morgan fingerprint density at radius 1 is 0.379 bits per heavy atom. The highest BCUT2D eigenvalue weighted by Gasteiger charge is 2.38. The Balaban J connectivity index is 0.000000269. The molecule has 0 saturated heterocycles. The summed E-state index contributed by atoms with van der Waals surface area (Å²) in [5, 5.41) is 63.5. The summed E-state index contributed by atoms with van der Waals surface area (Å²) in [6, 6.07) is 28.4. The van der Waals surface area contributed by atoms with Crippen LogP contribution in [0.25, 0.3) is 0 Å². The molecular weight excluding hydrogens is 1220 g/mol. The Morgan fingerprint density at radius 3 is 1.04 bits per heavy atom. The molecule has 27 heteroatoms. The van der Waals surface area contributed by atoms with Crippen LogP contribution >= 0.6 is 0 Å². The van der Waals surface area contributed by atoms with E-state index in [1.165, 1.54) is 17.3 Å². The summed E-state index contributed by atoms with van der Waals surface area (Å²) in [7, 11) is 0. The molecule has 2 amide bonds. The first kappa shape index (κ1) is 72.9. The average molecular weight is 1310 g/mol. The number of hydrogen-bond donors (Lipinski definition) is 8. The second-order valence-electron chi connectivity index (χ2n) is 23.6. The fourth-order valence-electron chi connectivity index (χ4n) is 12.2. The number of carboxylic acid groups (broad SMARTS) is 5.